The number of unbranched alkanes of at least 4 members (excludes halogenated alkanes) is 1. The number of nitrogens with one attached hydrogen (secondary N) is 1. The number of methoxy groups -OCH3 is 1. The summed E-state index contributed by atoms with van der Waals surface area (Å²) in [6.45, 7) is 2.19. The molecule has 1 atom stereocenters. The van der Waals surface area contributed by atoms with Crippen molar-refractivity contribution in [2.24, 2.45) is 0 Å². The first kappa shape index (κ1) is 31.2. The quantitative estimate of drug-likeness (QED) is 0.259. The van der Waals surface area contributed by atoms with Gasteiger partial charge in [0.15, 0.2) is 0 Å². The molecule has 1 unspecified atom stereocenters. The Morgan fingerprint density at radius 2 is 1.60 bits per heavy atom. The molecule has 1 N–H and O–H groups in total. The van der Waals surface area contributed by atoms with E-state index in [0.29, 0.717) is 18.0 Å². The molecular formula is C30H36BrN3O5S. The number of hydrogen-bond acceptors (Lipinski definition) is 5. The molecule has 0 saturated heterocycles. The lowest BCUT2D eigenvalue weighted by atomic mass is 10.0. The van der Waals surface area contributed by atoms with E-state index in [0.717, 1.165) is 39.0 Å². The topological polar surface area (TPSA) is 96.0 Å². The molecule has 0 fully saturated rings. The van der Waals surface area contributed by atoms with E-state index in [1.807, 2.05) is 61.5 Å². The number of hydrogen-bond donors (Lipinski definition) is 1. The van der Waals surface area contributed by atoms with Crippen molar-refractivity contribution < 1.29 is 22.7 Å². The van der Waals surface area contributed by atoms with E-state index >= 15 is 0 Å². The molecule has 3 aromatic carbocycles. The van der Waals surface area contributed by atoms with E-state index in [2.05, 4.69) is 21.2 Å². The molecule has 3 rings (SSSR count). The summed E-state index contributed by atoms with van der Waals surface area (Å²) >= 11 is 3.44. The van der Waals surface area contributed by atoms with Gasteiger partial charge in [-0.3, -0.25) is 13.9 Å². The van der Waals surface area contributed by atoms with Crippen LogP contribution in [0.15, 0.2) is 83.3 Å². The molecule has 2 amide bonds. The Labute approximate surface area is 245 Å². The second kappa shape index (κ2) is 14.9. The number of amides is 2. The first-order chi connectivity index (χ1) is 19.1. The van der Waals surface area contributed by atoms with Crippen LogP contribution in [0.3, 0.4) is 0 Å². The van der Waals surface area contributed by atoms with Gasteiger partial charge in [0.05, 0.1) is 19.1 Å². The Hall–Kier alpha value is -3.37. The lowest BCUT2D eigenvalue weighted by Crippen LogP contribution is -2.53. The maximum atomic E-state index is 14.0. The average molecular weight is 631 g/mol. The lowest BCUT2D eigenvalue weighted by Gasteiger charge is -2.33. The van der Waals surface area contributed by atoms with Crippen LogP contribution >= 0.6 is 15.9 Å². The van der Waals surface area contributed by atoms with E-state index in [1.165, 1.54) is 12.0 Å². The molecule has 0 bridgehead atoms. The van der Waals surface area contributed by atoms with Crippen molar-refractivity contribution in [3.05, 3.63) is 94.5 Å². The summed E-state index contributed by atoms with van der Waals surface area (Å²) in [6.07, 6.45) is 3.06. The predicted molar refractivity (Wildman–Crippen MR) is 162 cm³/mol. The number of anilines is 1. The number of rotatable bonds is 14. The Kier molecular flexibility index (Phi) is 11.6. The third-order valence-corrected chi connectivity index (χ3v) is 8.08. The van der Waals surface area contributed by atoms with E-state index in [9.17, 15) is 18.0 Å². The number of sulfonamides is 1. The fourth-order valence-electron chi connectivity index (χ4n) is 4.21. The number of carbonyl (C=O) groups is 2. The van der Waals surface area contributed by atoms with E-state index in [1.54, 1.807) is 24.3 Å². The standard InChI is InChI=1S/C30H36BrN3O5S/c1-4-5-19-32-30(36)28(20-23-9-7-6-8-10-23)33(21-24-11-13-25(31)14-12-24)29(35)22-34(40(3,37)38)26-15-17-27(39-2)18-16-26/h6-18,28H,4-5,19-22H2,1-3H3,(H,32,36). The zero-order chi connectivity index (χ0) is 29.1. The van der Waals surface area contributed by atoms with Gasteiger partial charge in [-0.15, -0.1) is 0 Å². The first-order valence-corrected chi connectivity index (χ1v) is 15.7. The summed E-state index contributed by atoms with van der Waals surface area (Å²) in [4.78, 5) is 29.1. The van der Waals surface area contributed by atoms with E-state index in [4.69, 9.17) is 4.74 Å². The van der Waals surface area contributed by atoms with Gasteiger partial charge in [0, 0.05) is 24.0 Å². The van der Waals surface area contributed by atoms with Gasteiger partial charge in [-0.1, -0.05) is 71.7 Å². The lowest BCUT2D eigenvalue weighted by molar-refractivity contribution is -0.140. The van der Waals surface area contributed by atoms with Crippen LogP contribution in [0.1, 0.15) is 30.9 Å². The van der Waals surface area contributed by atoms with Crippen molar-refractivity contribution in [2.45, 2.75) is 38.8 Å². The minimum Gasteiger partial charge on any atom is -0.497 e. The fourth-order valence-corrected chi connectivity index (χ4v) is 5.32. The summed E-state index contributed by atoms with van der Waals surface area (Å²) < 4.78 is 32.8. The minimum absolute atomic E-state index is 0.130. The van der Waals surface area contributed by atoms with Crippen LogP contribution in [0.5, 0.6) is 5.75 Å². The van der Waals surface area contributed by atoms with Crippen LogP contribution < -0.4 is 14.4 Å². The smallest absolute Gasteiger partial charge is 0.244 e. The molecule has 214 valence electrons. The van der Waals surface area contributed by atoms with Crippen molar-refractivity contribution in [1.82, 2.24) is 10.2 Å². The van der Waals surface area contributed by atoms with Crippen LogP contribution in [0.2, 0.25) is 0 Å². The molecule has 0 radical (unpaired) electrons. The maximum absolute atomic E-state index is 14.0. The maximum Gasteiger partial charge on any atom is 0.244 e. The summed E-state index contributed by atoms with van der Waals surface area (Å²) in [5, 5.41) is 2.98. The highest BCUT2D eigenvalue weighted by Crippen LogP contribution is 2.23. The Morgan fingerprint density at radius 3 is 2.17 bits per heavy atom. The molecule has 40 heavy (non-hydrogen) atoms. The SMILES string of the molecule is CCCCNC(=O)C(Cc1ccccc1)N(Cc1ccc(Br)cc1)C(=O)CN(c1ccc(OC)cc1)S(C)(=O)=O. The van der Waals surface area contributed by atoms with Crippen LogP contribution in [0.25, 0.3) is 0 Å². The van der Waals surface area contributed by atoms with Gasteiger partial charge in [0.25, 0.3) is 0 Å². The average Bonchev–Trinajstić information content (AvgIpc) is 2.94. The second-order valence-electron chi connectivity index (χ2n) is 9.47. The van der Waals surface area contributed by atoms with Gasteiger partial charge < -0.3 is 15.0 Å². The zero-order valence-electron chi connectivity index (χ0n) is 23.0. The highest BCUT2D eigenvalue weighted by atomic mass is 79.9. The third-order valence-electron chi connectivity index (χ3n) is 6.41. The van der Waals surface area contributed by atoms with Crippen molar-refractivity contribution in [3.63, 3.8) is 0 Å². The van der Waals surface area contributed by atoms with Crippen LogP contribution in [0.4, 0.5) is 5.69 Å². The highest BCUT2D eigenvalue weighted by Gasteiger charge is 2.33. The summed E-state index contributed by atoms with van der Waals surface area (Å²) in [5.74, 6) is -0.207. The number of nitrogens with zero attached hydrogens (tertiary/aromatic N) is 2. The van der Waals surface area contributed by atoms with E-state index < -0.39 is 28.5 Å². The molecule has 3 aromatic rings. The molecule has 10 heteroatoms. The van der Waals surface area contributed by atoms with Crippen molar-refractivity contribution in [1.29, 1.82) is 0 Å². The molecule has 0 aromatic heterocycles. The first-order valence-electron chi connectivity index (χ1n) is 13.1. The zero-order valence-corrected chi connectivity index (χ0v) is 25.4. The fraction of sp³-hybridized carbons (Fsp3) is 0.333. The summed E-state index contributed by atoms with van der Waals surface area (Å²) in [6, 6.07) is 22.6. The second-order valence-corrected chi connectivity index (χ2v) is 12.3. The highest BCUT2D eigenvalue weighted by molar-refractivity contribution is 9.10. The molecule has 0 aliphatic rings. The van der Waals surface area contributed by atoms with Crippen molar-refractivity contribution >= 4 is 43.5 Å². The van der Waals surface area contributed by atoms with Crippen molar-refractivity contribution in [3.8, 4) is 5.75 Å². The Balaban J connectivity index is 2.01. The van der Waals surface area contributed by atoms with Crippen LogP contribution in [-0.4, -0.2) is 57.6 Å². The van der Waals surface area contributed by atoms with Gasteiger partial charge in [-0.25, -0.2) is 8.42 Å². The number of ether oxygens (including phenoxy) is 1. The van der Waals surface area contributed by atoms with Gasteiger partial charge >= 0.3 is 0 Å². The molecule has 8 nitrogen and oxygen atoms in total. The number of halogens is 1. The van der Waals surface area contributed by atoms with Crippen LogP contribution in [0, 0.1) is 0 Å². The van der Waals surface area contributed by atoms with Gasteiger partial charge in [-0.05, 0) is 53.9 Å². The Morgan fingerprint density at radius 1 is 0.950 bits per heavy atom. The Bertz CT molecular complexity index is 1350. The summed E-state index contributed by atoms with van der Waals surface area (Å²) in [7, 11) is -2.31. The third kappa shape index (κ3) is 9.09. The monoisotopic (exact) mass is 629 g/mol. The molecule has 0 spiro atoms. The summed E-state index contributed by atoms with van der Waals surface area (Å²) in [5.41, 5.74) is 2.03. The van der Waals surface area contributed by atoms with Crippen molar-refractivity contribution in [2.75, 3.05) is 30.8 Å². The molecule has 0 heterocycles. The van der Waals surface area contributed by atoms with Crippen LogP contribution in [-0.2, 0) is 32.6 Å². The predicted octanol–water partition coefficient (Wildman–Crippen LogP) is 4.78. The van der Waals surface area contributed by atoms with Gasteiger partial charge in [0.2, 0.25) is 21.8 Å². The molecule has 0 saturated carbocycles. The molecule has 0 aliphatic carbocycles. The van der Waals surface area contributed by atoms with Gasteiger partial charge in [-0.2, -0.15) is 0 Å². The minimum atomic E-state index is -3.83. The number of carbonyl (C=O) groups excluding carboxylic acids is 2. The molecular weight excluding hydrogens is 594 g/mol. The largest absolute Gasteiger partial charge is 0.497 e. The normalized spacial score (nSPS) is 11.9. The van der Waals surface area contributed by atoms with E-state index in [-0.39, 0.29) is 18.9 Å². The molecule has 0 aliphatic heterocycles. The number of benzene rings is 3. The van der Waals surface area contributed by atoms with Gasteiger partial charge in [0.1, 0.15) is 18.3 Å².